The van der Waals surface area contributed by atoms with Crippen molar-refractivity contribution in [3.63, 3.8) is 0 Å². The molecule has 1 saturated heterocycles. The van der Waals surface area contributed by atoms with E-state index in [0.29, 0.717) is 0 Å². The van der Waals surface area contributed by atoms with Crippen LogP contribution >= 0.6 is 0 Å². The molecule has 0 aromatic heterocycles. The fraction of sp³-hybridized carbons (Fsp3) is 0.750. The highest BCUT2D eigenvalue weighted by Crippen LogP contribution is 2.06. The van der Waals surface area contributed by atoms with E-state index < -0.39 is 0 Å². The molecule has 0 aliphatic carbocycles. The SMILES string of the molecule is NCC(=O)NCC(=O)N1CCCC1. The van der Waals surface area contributed by atoms with Gasteiger partial charge in [0.2, 0.25) is 11.8 Å². The highest BCUT2D eigenvalue weighted by Gasteiger charge is 2.17. The van der Waals surface area contributed by atoms with Crippen molar-refractivity contribution >= 4 is 11.8 Å². The standard InChI is InChI=1S/C8H15N3O2/c9-5-7(12)10-6-8(13)11-3-1-2-4-11/h1-6,9H2,(H,10,12). The molecule has 1 aliphatic heterocycles. The van der Waals surface area contributed by atoms with Crippen molar-refractivity contribution in [2.24, 2.45) is 5.73 Å². The van der Waals surface area contributed by atoms with Crippen LogP contribution in [0.25, 0.3) is 0 Å². The number of hydrogen-bond acceptors (Lipinski definition) is 3. The Hall–Kier alpha value is -1.10. The van der Waals surface area contributed by atoms with Gasteiger partial charge in [-0.1, -0.05) is 0 Å². The maximum absolute atomic E-state index is 11.3. The summed E-state index contributed by atoms with van der Waals surface area (Å²) in [6, 6.07) is 0. The third kappa shape index (κ3) is 3.02. The molecule has 0 radical (unpaired) electrons. The minimum Gasteiger partial charge on any atom is -0.346 e. The van der Waals surface area contributed by atoms with Crippen LogP contribution in [0.5, 0.6) is 0 Å². The summed E-state index contributed by atoms with van der Waals surface area (Å²) >= 11 is 0. The monoisotopic (exact) mass is 185 g/mol. The molecule has 0 aromatic rings. The van der Waals surface area contributed by atoms with Crippen LogP contribution in [0.4, 0.5) is 0 Å². The van der Waals surface area contributed by atoms with E-state index in [4.69, 9.17) is 5.73 Å². The van der Waals surface area contributed by atoms with Gasteiger partial charge in [0.1, 0.15) is 0 Å². The molecule has 0 atom stereocenters. The lowest BCUT2D eigenvalue weighted by Crippen LogP contribution is -2.40. The minimum atomic E-state index is -0.285. The summed E-state index contributed by atoms with van der Waals surface area (Å²) in [5.41, 5.74) is 5.07. The zero-order chi connectivity index (χ0) is 9.68. The van der Waals surface area contributed by atoms with E-state index in [-0.39, 0.29) is 24.9 Å². The maximum atomic E-state index is 11.3. The van der Waals surface area contributed by atoms with E-state index in [1.54, 1.807) is 4.90 Å². The van der Waals surface area contributed by atoms with Crippen LogP contribution < -0.4 is 11.1 Å². The molecule has 0 unspecified atom stereocenters. The Labute approximate surface area is 77.3 Å². The molecule has 5 nitrogen and oxygen atoms in total. The molecule has 3 N–H and O–H groups in total. The molecule has 1 aliphatic rings. The first kappa shape index (κ1) is 9.98. The Balaban J connectivity index is 2.20. The van der Waals surface area contributed by atoms with E-state index in [1.165, 1.54) is 0 Å². The third-order valence-corrected chi connectivity index (χ3v) is 2.08. The molecule has 74 valence electrons. The number of carbonyl (C=O) groups excluding carboxylic acids is 2. The minimum absolute atomic E-state index is 0.0145. The van der Waals surface area contributed by atoms with Gasteiger partial charge in [-0.3, -0.25) is 9.59 Å². The average Bonchev–Trinajstić information content (AvgIpc) is 2.66. The molecule has 1 rings (SSSR count). The van der Waals surface area contributed by atoms with Crippen molar-refractivity contribution in [2.75, 3.05) is 26.2 Å². The number of carbonyl (C=O) groups is 2. The highest BCUT2D eigenvalue weighted by molar-refractivity contribution is 5.85. The Morgan fingerprint density at radius 1 is 1.31 bits per heavy atom. The Bertz CT molecular complexity index is 200. The van der Waals surface area contributed by atoms with Crippen LogP contribution in [0.3, 0.4) is 0 Å². The maximum Gasteiger partial charge on any atom is 0.241 e. The number of nitrogens with one attached hydrogen (secondary N) is 1. The van der Waals surface area contributed by atoms with Crippen LogP contribution in [-0.2, 0) is 9.59 Å². The highest BCUT2D eigenvalue weighted by atomic mass is 16.2. The first-order valence-electron chi connectivity index (χ1n) is 4.48. The number of amides is 2. The van der Waals surface area contributed by atoms with E-state index in [1.807, 2.05) is 0 Å². The third-order valence-electron chi connectivity index (χ3n) is 2.08. The van der Waals surface area contributed by atoms with Crippen molar-refractivity contribution < 1.29 is 9.59 Å². The van der Waals surface area contributed by atoms with E-state index in [0.717, 1.165) is 25.9 Å². The Morgan fingerprint density at radius 2 is 1.92 bits per heavy atom. The van der Waals surface area contributed by atoms with Crippen molar-refractivity contribution in [3.8, 4) is 0 Å². The lowest BCUT2D eigenvalue weighted by atomic mass is 10.4. The van der Waals surface area contributed by atoms with Gasteiger partial charge in [-0.25, -0.2) is 0 Å². The number of rotatable bonds is 3. The van der Waals surface area contributed by atoms with Gasteiger partial charge in [0.05, 0.1) is 13.1 Å². The molecule has 2 amide bonds. The summed E-state index contributed by atoms with van der Waals surface area (Å²) in [5, 5.41) is 2.45. The van der Waals surface area contributed by atoms with Gasteiger partial charge in [-0.05, 0) is 12.8 Å². The summed E-state index contributed by atoms with van der Waals surface area (Å²) in [5.74, 6) is -0.299. The van der Waals surface area contributed by atoms with Gasteiger partial charge in [-0.15, -0.1) is 0 Å². The summed E-state index contributed by atoms with van der Waals surface area (Å²) < 4.78 is 0. The lowest BCUT2D eigenvalue weighted by molar-refractivity contribution is -0.131. The summed E-state index contributed by atoms with van der Waals surface area (Å²) in [7, 11) is 0. The molecule has 0 bridgehead atoms. The van der Waals surface area contributed by atoms with E-state index in [2.05, 4.69) is 5.32 Å². The molecule has 1 fully saturated rings. The zero-order valence-corrected chi connectivity index (χ0v) is 7.58. The normalized spacial score (nSPS) is 15.9. The lowest BCUT2D eigenvalue weighted by Gasteiger charge is -2.14. The van der Waals surface area contributed by atoms with Crippen LogP contribution in [0, 0.1) is 0 Å². The molecule has 0 saturated carbocycles. The zero-order valence-electron chi connectivity index (χ0n) is 7.58. The summed E-state index contributed by atoms with van der Waals surface area (Å²) in [4.78, 5) is 23.8. The van der Waals surface area contributed by atoms with Crippen LogP contribution in [0.1, 0.15) is 12.8 Å². The topological polar surface area (TPSA) is 75.4 Å². The average molecular weight is 185 g/mol. The van der Waals surface area contributed by atoms with Crippen molar-refractivity contribution in [1.82, 2.24) is 10.2 Å². The largest absolute Gasteiger partial charge is 0.346 e. The smallest absolute Gasteiger partial charge is 0.241 e. The molecule has 13 heavy (non-hydrogen) atoms. The van der Waals surface area contributed by atoms with Gasteiger partial charge >= 0.3 is 0 Å². The Morgan fingerprint density at radius 3 is 2.46 bits per heavy atom. The quantitative estimate of drug-likeness (QED) is 0.573. The van der Waals surface area contributed by atoms with Crippen LogP contribution in [0.15, 0.2) is 0 Å². The van der Waals surface area contributed by atoms with Crippen molar-refractivity contribution in [2.45, 2.75) is 12.8 Å². The van der Waals surface area contributed by atoms with Gasteiger partial charge in [0.15, 0.2) is 0 Å². The number of hydrogen-bond donors (Lipinski definition) is 2. The second-order valence-electron chi connectivity index (χ2n) is 3.07. The summed E-state index contributed by atoms with van der Waals surface area (Å²) in [6.07, 6.45) is 2.13. The number of likely N-dealkylation sites (tertiary alicyclic amines) is 1. The first-order valence-corrected chi connectivity index (χ1v) is 4.48. The van der Waals surface area contributed by atoms with Gasteiger partial charge in [-0.2, -0.15) is 0 Å². The van der Waals surface area contributed by atoms with Crippen molar-refractivity contribution in [1.29, 1.82) is 0 Å². The second kappa shape index (κ2) is 4.81. The summed E-state index contributed by atoms with van der Waals surface area (Å²) in [6.45, 7) is 1.65. The number of nitrogens with two attached hydrogens (primary N) is 1. The van der Waals surface area contributed by atoms with Gasteiger partial charge < -0.3 is 16.0 Å². The first-order chi connectivity index (χ1) is 6.24. The molecular weight excluding hydrogens is 170 g/mol. The van der Waals surface area contributed by atoms with Crippen LogP contribution in [-0.4, -0.2) is 42.9 Å². The molecule has 0 spiro atoms. The Kier molecular flexibility index (Phi) is 3.70. The van der Waals surface area contributed by atoms with Crippen LogP contribution in [0.2, 0.25) is 0 Å². The number of nitrogens with zero attached hydrogens (tertiary/aromatic N) is 1. The van der Waals surface area contributed by atoms with Gasteiger partial charge in [0.25, 0.3) is 0 Å². The fourth-order valence-electron chi connectivity index (χ4n) is 1.32. The van der Waals surface area contributed by atoms with Gasteiger partial charge in [0, 0.05) is 13.1 Å². The second-order valence-corrected chi connectivity index (χ2v) is 3.07. The predicted molar refractivity (Wildman–Crippen MR) is 47.9 cm³/mol. The predicted octanol–water partition coefficient (Wildman–Crippen LogP) is -1.32. The molecule has 1 heterocycles. The molecule has 5 heteroatoms. The van der Waals surface area contributed by atoms with E-state index >= 15 is 0 Å². The van der Waals surface area contributed by atoms with E-state index in [9.17, 15) is 9.59 Å². The van der Waals surface area contributed by atoms with Crippen molar-refractivity contribution in [3.05, 3.63) is 0 Å². The molecule has 0 aromatic carbocycles. The molecular formula is C8H15N3O2. The fourth-order valence-corrected chi connectivity index (χ4v) is 1.32.